The second-order valence-corrected chi connectivity index (χ2v) is 3.71. The van der Waals surface area contributed by atoms with Gasteiger partial charge in [-0.1, -0.05) is 6.07 Å². The number of hydrogen-bond acceptors (Lipinski definition) is 4. The van der Waals surface area contributed by atoms with Gasteiger partial charge in [0.25, 0.3) is 0 Å². The predicted molar refractivity (Wildman–Crippen MR) is 62.2 cm³/mol. The van der Waals surface area contributed by atoms with Crippen molar-refractivity contribution in [2.45, 2.75) is 20.4 Å². The Morgan fingerprint density at radius 1 is 1.35 bits per heavy atom. The van der Waals surface area contributed by atoms with Gasteiger partial charge in [-0.05, 0) is 25.1 Å². The van der Waals surface area contributed by atoms with Gasteiger partial charge in [0.2, 0.25) is 11.8 Å². The Hall–Kier alpha value is -1.91. The fourth-order valence-corrected chi connectivity index (χ4v) is 1.62. The lowest BCUT2D eigenvalue weighted by Crippen LogP contribution is -2.22. The van der Waals surface area contributed by atoms with Gasteiger partial charge >= 0.3 is 0 Å². The Bertz CT molecular complexity index is 498. The molecule has 0 radical (unpaired) electrons. The van der Waals surface area contributed by atoms with Crippen LogP contribution in [0.15, 0.2) is 28.7 Å². The minimum absolute atomic E-state index is 0.248. The van der Waals surface area contributed by atoms with Crippen LogP contribution >= 0.6 is 0 Å². The molecule has 0 aliphatic carbocycles. The number of benzene rings is 1. The zero-order valence-electron chi connectivity index (χ0n) is 9.85. The molecule has 0 fully saturated rings. The van der Waals surface area contributed by atoms with Crippen molar-refractivity contribution in [2.75, 3.05) is 11.4 Å². The largest absolute Gasteiger partial charge is 0.424 e. The second kappa shape index (κ2) is 4.95. The summed E-state index contributed by atoms with van der Waals surface area (Å²) in [4.78, 5) is 1.97. The third kappa shape index (κ3) is 2.81. The molecule has 17 heavy (non-hydrogen) atoms. The third-order valence-electron chi connectivity index (χ3n) is 2.45. The first kappa shape index (κ1) is 11.6. The van der Waals surface area contributed by atoms with E-state index < -0.39 is 0 Å². The second-order valence-electron chi connectivity index (χ2n) is 3.71. The van der Waals surface area contributed by atoms with Gasteiger partial charge < -0.3 is 9.32 Å². The number of rotatable bonds is 4. The highest BCUT2D eigenvalue weighted by atomic mass is 19.1. The number of aromatic nitrogens is 2. The van der Waals surface area contributed by atoms with Crippen LogP contribution in [-0.2, 0) is 6.54 Å². The summed E-state index contributed by atoms with van der Waals surface area (Å²) in [6.07, 6.45) is 0. The highest BCUT2D eigenvalue weighted by Gasteiger charge is 2.10. The molecular formula is C12H14FN3O. The van der Waals surface area contributed by atoms with Gasteiger partial charge in [-0.15, -0.1) is 10.2 Å². The summed E-state index contributed by atoms with van der Waals surface area (Å²) >= 11 is 0. The molecule has 0 atom stereocenters. The summed E-state index contributed by atoms with van der Waals surface area (Å²) in [5.41, 5.74) is 0.809. The van der Waals surface area contributed by atoms with E-state index in [-0.39, 0.29) is 5.82 Å². The molecule has 5 heteroatoms. The van der Waals surface area contributed by atoms with Crippen molar-refractivity contribution < 1.29 is 8.81 Å². The fraction of sp³-hybridized carbons (Fsp3) is 0.333. The quantitative estimate of drug-likeness (QED) is 0.816. The Morgan fingerprint density at radius 3 is 2.76 bits per heavy atom. The van der Waals surface area contributed by atoms with E-state index in [9.17, 15) is 4.39 Å². The Morgan fingerprint density at radius 2 is 2.18 bits per heavy atom. The molecule has 0 unspecified atom stereocenters. The average molecular weight is 235 g/mol. The van der Waals surface area contributed by atoms with Gasteiger partial charge in [-0.3, -0.25) is 0 Å². The van der Waals surface area contributed by atoms with Crippen molar-refractivity contribution in [3.05, 3.63) is 41.9 Å². The van der Waals surface area contributed by atoms with E-state index in [1.807, 2.05) is 17.9 Å². The van der Waals surface area contributed by atoms with E-state index in [1.54, 1.807) is 13.0 Å². The van der Waals surface area contributed by atoms with Crippen LogP contribution < -0.4 is 4.90 Å². The van der Waals surface area contributed by atoms with Crippen LogP contribution in [0.3, 0.4) is 0 Å². The molecule has 0 bridgehead atoms. The number of anilines is 1. The van der Waals surface area contributed by atoms with Crippen LogP contribution in [0.4, 0.5) is 10.1 Å². The number of nitrogens with zero attached hydrogens (tertiary/aromatic N) is 3. The van der Waals surface area contributed by atoms with Crippen LogP contribution in [0.5, 0.6) is 0 Å². The van der Waals surface area contributed by atoms with Crippen LogP contribution in [0.2, 0.25) is 0 Å². The lowest BCUT2D eigenvalue weighted by atomic mass is 10.2. The summed E-state index contributed by atoms with van der Waals surface area (Å²) in [5, 5.41) is 7.70. The van der Waals surface area contributed by atoms with Gasteiger partial charge in [-0.25, -0.2) is 4.39 Å². The zero-order valence-corrected chi connectivity index (χ0v) is 9.85. The molecule has 1 aromatic heterocycles. The Kier molecular flexibility index (Phi) is 3.37. The maximum Gasteiger partial charge on any atom is 0.235 e. The predicted octanol–water partition coefficient (Wildman–Crippen LogP) is 2.54. The molecule has 1 aromatic carbocycles. The van der Waals surface area contributed by atoms with Crippen molar-refractivity contribution in [3.63, 3.8) is 0 Å². The van der Waals surface area contributed by atoms with Crippen LogP contribution in [-0.4, -0.2) is 16.7 Å². The van der Waals surface area contributed by atoms with Crippen LogP contribution in [0, 0.1) is 12.7 Å². The lowest BCUT2D eigenvalue weighted by molar-refractivity contribution is 0.463. The first-order valence-electron chi connectivity index (χ1n) is 5.48. The molecule has 0 amide bonds. The van der Waals surface area contributed by atoms with Gasteiger partial charge in [0.05, 0.1) is 6.54 Å². The highest BCUT2D eigenvalue weighted by Crippen LogP contribution is 2.17. The standard InChI is InChI=1S/C12H14FN3O/c1-3-16(8-12-15-14-9(2)17-12)11-6-4-5-10(13)7-11/h4-7H,3,8H2,1-2H3. The van der Waals surface area contributed by atoms with Crippen molar-refractivity contribution >= 4 is 5.69 Å². The molecule has 0 aliphatic rings. The number of aryl methyl sites for hydroxylation is 1. The maximum absolute atomic E-state index is 13.1. The average Bonchev–Trinajstić information content (AvgIpc) is 2.72. The Balaban J connectivity index is 2.16. The lowest BCUT2D eigenvalue weighted by Gasteiger charge is -2.20. The molecule has 0 aliphatic heterocycles. The summed E-state index contributed by atoms with van der Waals surface area (Å²) in [5.74, 6) is 0.826. The third-order valence-corrected chi connectivity index (χ3v) is 2.45. The summed E-state index contributed by atoms with van der Waals surface area (Å²) in [7, 11) is 0. The van der Waals surface area contributed by atoms with Gasteiger partial charge in [0.1, 0.15) is 5.82 Å². The first-order valence-corrected chi connectivity index (χ1v) is 5.48. The maximum atomic E-state index is 13.1. The van der Waals surface area contributed by atoms with E-state index >= 15 is 0 Å². The van der Waals surface area contributed by atoms with Crippen LogP contribution in [0.25, 0.3) is 0 Å². The SMILES string of the molecule is CCN(Cc1nnc(C)o1)c1cccc(F)c1. The molecular weight excluding hydrogens is 221 g/mol. The minimum atomic E-state index is -0.248. The molecule has 0 saturated carbocycles. The summed E-state index contributed by atoms with van der Waals surface area (Å²) < 4.78 is 18.4. The van der Waals surface area contributed by atoms with Crippen molar-refractivity contribution in [1.82, 2.24) is 10.2 Å². The molecule has 4 nitrogen and oxygen atoms in total. The normalized spacial score (nSPS) is 10.5. The van der Waals surface area contributed by atoms with E-state index in [0.29, 0.717) is 18.3 Å². The number of hydrogen-bond donors (Lipinski definition) is 0. The summed E-state index contributed by atoms with van der Waals surface area (Å²) in [6.45, 7) is 4.97. The molecule has 0 saturated heterocycles. The summed E-state index contributed by atoms with van der Waals surface area (Å²) in [6, 6.07) is 6.46. The zero-order chi connectivity index (χ0) is 12.3. The van der Waals surface area contributed by atoms with Gasteiger partial charge in [0, 0.05) is 19.2 Å². The molecule has 2 rings (SSSR count). The molecule has 1 heterocycles. The smallest absolute Gasteiger partial charge is 0.235 e. The first-order chi connectivity index (χ1) is 8.19. The Labute approximate surface area is 99.1 Å². The van der Waals surface area contributed by atoms with Crippen molar-refractivity contribution in [1.29, 1.82) is 0 Å². The monoisotopic (exact) mass is 235 g/mol. The van der Waals surface area contributed by atoms with Gasteiger partial charge in [-0.2, -0.15) is 0 Å². The molecule has 90 valence electrons. The van der Waals surface area contributed by atoms with Crippen molar-refractivity contribution in [3.8, 4) is 0 Å². The minimum Gasteiger partial charge on any atom is -0.424 e. The molecule has 2 aromatic rings. The molecule has 0 spiro atoms. The topological polar surface area (TPSA) is 42.2 Å². The number of halogens is 1. The highest BCUT2D eigenvalue weighted by molar-refractivity contribution is 5.46. The van der Waals surface area contributed by atoms with Crippen molar-refractivity contribution in [2.24, 2.45) is 0 Å². The van der Waals surface area contributed by atoms with E-state index in [0.717, 1.165) is 12.2 Å². The van der Waals surface area contributed by atoms with Crippen LogP contribution in [0.1, 0.15) is 18.7 Å². The van der Waals surface area contributed by atoms with E-state index in [4.69, 9.17) is 4.42 Å². The van der Waals surface area contributed by atoms with Gasteiger partial charge in [0.15, 0.2) is 0 Å². The molecule has 0 N–H and O–H groups in total. The van der Waals surface area contributed by atoms with E-state index in [1.165, 1.54) is 12.1 Å². The van der Waals surface area contributed by atoms with E-state index in [2.05, 4.69) is 10.2 Å². The fourth-order valence-electron chi connectivity index (χ4n) is 1.62.